The van der Waals surface area contributed by atoms with Crippen LogP contribution in [0.15, 0.2) is 54.9 Å². The Balaban J connectivity index is 2.12. The van der Waals surface area contributed by atoms with Crippen molar-refractivity contribution in [2.45, 2.75) is 46.3 Å². The summed E-state index contributed by atoms with van der Waals surface area (Å²) >= 11 is 0. The van der Waals surface area contributed by atoms with Crippen LogP contribution in [0.5, 0.6) is 0 Å². The standard InChI is InChI=1S/C25H26N2O2/c1-15-13-17-9-6-7-10-18(17)22(19-11-8-12-20-23(19)27-14-26-20)21(15)24(16(2)28)29-25(3,4)5/h6-14,24H,1-5H3,(H,26,27)/t24-/m1/s1. The number of nitrogens with one attached hydrogen (secondary N) is 1. The Bertz CT molecular complexity index is 1210. The Labute approximate surface area is 170 Å². The van der Waals surface area contributed by atoms with Crippen LogP contribution in [0, 0.1) is 6.92 Å². The number of benzene rings is 3. The predicted molar refractivity (Wildman–Crippen MR) is 118 cm³/mol. The van der Waals surface area contributed by atoms with E-state index in [9.17, 15) is 4.79 Å². The average molecular weight is 386 g/mol. The first-order valence-electron chi connectivity index (χ1n) is 9.89. The molecule has 0 amide bonds. The van der Waals surface area contributed by atoms with Gasteiger partial charge in [-0.2, -0.15) is 0 Å². The molecular formula is C25H26N2O2. The maximum absolute atomic E-state index is 12.8. The molecule has 1 heterocycles. The van der Waals surface area contributed by atoms with Crippen molar-refractivity contribution < 1.29 is 9.53 Å². The van der Waals surface area contributed by atoms with Crippen molar-refractivity contribution >= 4 is 27.6 Å². The summed E-state index contributed by atoms with van der Waals surface area (Å²) in [5.74, 6) is -0.00578. The minimum atomic E-state index is -0.649. The fraction of sp³-hybridized carbons (Fsp3) is 0.280. The van der Waals surface area contributed by atoms with Crippen molar-refractivity contribution in [3.63, 3.8) is 0 Å². The lowest BCUT2D eigenvalue weighted by Crippen LogP contribution is -2.27. The second-order valence-electron chi connectivity index (χ2n) is 8.53. The topological polar surface area (TPSA) is 55.0 Å². The molecule has 0 radical (unpaired) electrons. The lowest BCUT2D eigenvalue weighted by molar-refractivity contribution is -0.138. The van der Waals surface area contributed by atoms with E-state index in [2.05, 4.69) is 41.2 Å². The molecule has 0 unspecified atom stereocenters. The number of aromatic amines is 1. The van der Waals surface area contributed by atoms with E-state index < -0.39 is 11.7 Å². The van der Waals surface area contributed by atoms with Crippen molar-refractivity contribution in [2.24, 2.45) is 0 Å². The van der Waals surface area contributed by atoms with E-state index in [-0.39, 0.29) is 5.78 Å². The molecule has 0 aliphatic carbocycles. The molecule has 0 aliphatic rings. The van der Waals surface area contributed by atoms with Crippen LogP contribution < -0.4 is 0 Å². The van der Waals surface area contributed by atoms with Gasteiger partial charge in [-0.05, 0) is 68.1 Å². The van der Waals surface area contributed by atoms with E-state index in [1.807, 2.05) is 45.0 Å². The second-order valence-corrected chi connectivity index (χ2v) is 8.53. The molecule has 29 heavy (non-hydrogen) atoms. The number of H-pyrrole nitrogens is 1. The molecule has 4 aromatic rings. The average Bonchev–Trinajstić information content (AvgIpc) is 3.13. The van der Waals surface area contributed by atoms with Gasteiger partial charge in [0.15, 0.2) is 5.78 Å². The summed E-state index contributed by atoms with van der Waals surface area (Å²) in [5, 5.41) is 2.22. The van der Waals surface area contributed by atoms with Crippen LogP contribution in [0.2, 0.25) is 0 Å². The van der Waals surface area contributed by atoms with Crippen molar-refractivity contribution in [3.05, 3.63) is 66.0 Å². The molecular weight excluding hydrogens is 360 g/mol. The lowest BCUT2D eigenvalue weighted by Gasteiger charge is -2.29. The first kappa shape index (κ1) is 19.3. The Hall–Kier alpha value is -2.98. The van der Waals surface area contributed by atoms with Gasteiger partial charge >= 0.3 is 0 Å². The molecule has 4 nitrogen and oxygen atoms in total. The zero-order valence-electron chi connectivity index (χ0n) is 17.5. The number of ketones is 1. The smallest absolute Gasteiger partial charge is 0.163 e. The molecule has 4 heteroatoms. The van der Waals surface area contributed by atoms with E-state index in [0.29, 0.717) is 0 Å². The number of hydrogen-bond acceptors (Lipinski definition) is 3. The van der Waals surface area contributed by atoms with E-state index in [4.69, 9.17) is 4.74 Å². The van der Waals surface area contributed by atoms with Crippen molar-refractivity contribution in [1.82, 2.24) is 9.97 Å². The Morgan fingerprint density at radius 1 is 1.10 bits per heavy atom. The molecule has 0 bridgehead atoms. The number of Topliss-reactive ketones (excluding diaryl/α,β-unsaturated/α-hetero) is 1. The van der Waals surface area contributed by atoms with Gasteiger partial charge in [-0.15, -0.1) is 0 Å². The summed E-state index contributed by atoms with van der Waals surface area (Å²) in [6.45, 7) is 9.59. The fourth-order valence-corrected chi connectivity index (χ4v) is 4.00. The number of para-hydroxylation sites is 1. The molecule has 1 aromatic heterocycles. The largest absolute Gasteiger partial charge is 0.360 e. The third-order valence-electron chi connectivity index (χ3n) is 5.12. The quantitative estimate of drug-likeness (QED) is 0.458. The summed E-state index contributed by atoms with van der Waals surface area (Å²) in [6.07, 6.45) is 1.06. The van der Waals surface area contributed by atoms with Gasteiger partial charge in [-0.1, -0.05) is 42.5 Å². The van der Waals surface area contributed by atoms with E-state index in [0.717, 1.165) is 44.1 Å². The maximum atomic E-state index is 12.8. The number of aromatic nitrogens is 2. The molecule has 0 aliphatic heterocycles. The monoisotopic (exact) mass is 386 g/mol. The number of nitrogens with zero attached hydrogens (tertiary/aromatic N) is 1. The van der Waals surface area contributed by atoms with Crippen LogP contribution in [0.4, 0.5) is 0 Å². The number of rotatable bonds is 4. The number of aryl methyl sites for hydroxylation is 1. The zero-order chi connectivity index (χ0) is 20.8. The molecule has 148 valence electrons. The molecule has 1 atom stereocenters. The summed E-state index contributed by atoms with van der Waals surface area (Å²) in [6, 6.07) is 16.5. The summed E-state index contributed by atoms with van der Waals surface area (Å²) in [7, 11) is 0. The highest BCUT2D eigenvalue weighted by Crippen LogP contribution is 2.42. The maximum Gasteiger partial charge on any atom is 0.163 e. The minimum Gasteiger partial charge on any atom is -0.360 e. The van der Waals surface area contributed by atoms with Gasteiger partial charge in [0.25, 0.3) is 0 Å². The predicted octanol–water partition coefficient (Wildman–Crippen LogP) is 6.14. The number of fused-ring (bicyclic) bond motifs is 2. The first-order chi connectivity index (χ1) is 13.8. The van der Waals surface area contributed by atoms with Crippen LogP contribution >= 0.6 is 0 Å². The first-order valence-corrected chi connectivity index (χ1v) is 9.89. The van der Waals surface area contributed by atoms with Gasteiger partial charge in [0.05, 0.1) is 23.0 Å². The van der Waals surface area contributed by atoms with Crippen LogP contribution in [-0.4, -0.2) is 21.4 Å². The number of imidazole rings is 1. The van der Waals surface area contributed by atoms with E-state index in [1.54, 1.807) is 13.3 Å². The summed E-state index contributed by atoms with van der Waals surface area (Å²) in [5.41, 5.74) is 5.38. The molecule has 0 fully saturated rings. The summed E-state index contributed by atoms with van der Waals surface area (Å²) < 4.78 is 6.29. The lowest BCUT2D eigenvalue weighted by atomic mass is 9.86. The van der Waals surface area contributed by atoms with Gasteiger partial charge in [-0.3, -0.25) is 4.79 Å². The highest BCUT2D eigenvalue weighted by Gasteiger charge is 2.30. The number of hydrogen-bond donors (Lipinski definition) is 1. The number of carbonyl (C=O) groups is 1. The normalized spacial score (nSPS) is 13.1. The SMILES string of the molecule is CC(=O)[C@@H](OC(C)(C)C)c1c(C)cc2ccccc2c1-c1cccc2[nH]cnc12. The minimum absolute atomic E-state index is 0.00578. The van der Waals surface area contributed by atoms with Gasteiger partial charge < -0.3 is 9.72 Å². The Morgan fingerprint density at radius 2 is 1.86 bits per heavy atom. The van der Waals surface area contributed by atoms with Crippen LogP contribution in [0.25, 0.3) is 32.9 Å². The van der Waals surface area contributed by atoms with Gasteiger partial charge in [-0.25, -0.2) is 4.98 Å². The highest BCUT2D eigenvalue weighted by atomic mass is 16.5. The van der Waals surface area contributed by atoms with Crippen molar-refractivity contribution in [2.75, 3.05) is 0 Å². The van der Waals surface area contributed by atoms with Crippen LogP contribution in [-0.2, 0) is 9.53 Å². The van der Waals surface area contributed by atoms with Gasteiger partial charge in [0, 0.05) is 5.56 Å². The van der Waals surface area contributed by atoms with E-state index in [1.165, 1.54) is 0 Å². The van der Waals surface area contributed by atoms with Gasteiger partial charge in [0.2, 0.25) is 0 Å². The van der Waals surface area contributed by atoms with Crippen LogP contribution in [0.1, 0.15) is 44.9 Å². The molecule has 1 N–H and O–H groups in total. The summed E-state index contributed by atoms with van der Waals surface area (Å²) in [4.78, 5) is 20.5. The fourth-order valence-electron chi connectivity index (χ4n) is 4.00. The highest BCUT2D eigenvalue weighted by molar-refractivity contribution is 6.06. The second kappa shape index (κ2) is 7.12. The zero-order valence-corrected chi connectivity index (χ0v) is 17.5. The molecule has 0 spiro atoms. The van der Waals surface area contributed by atoms with Crippen molar-refractivity contribution in [1.29, 1.82) is 0 Å². The van der Waals surface area contributed by atoms with Gasteiger partial charge in [0.1, 0.15) is 6.10 Å². The molecule has 0 saturated carbocycles. The number of carbonyl (C=O) groups excluding carboxylic acids is 1. The van der Waals surface area contributed by atoms with Crippen LogP contribution in [0.3, 0.4) is 0 Å². The number of ether oxygens (including phenoxy) is 1. The molecule has 4 rings (SSSR count). The third kappa shape index (κ3) is 3.56. The molecule has 3 aromatic carbocycles. The Kier molecular flexibility index (Phi) is 4.75. The third-order valence-corrected chi connectivity index (χ3v) is 5.12. The van der Waals surface area contributed by atoms with Crippen molar-refractivity contribution in [3.8, 4) is 11.1 Å². The Morgan fingerprint density at radius 3 is 2.59 bits per heavy atom. The van der Waals surface area contributed by atoms with E-state index >= 15 is 0 Å². The molecule has 0 saturated heterocycles.